The van der Waals surface area contributed by atoms with Gasteiger partial charge in [0.1, 0.15) is 0 Å². The van der Waals surface area contributed by atoms with Gasteiger partial charge in [-0.3, -0.25) is 4.79 Å². The Balaban J connectivity index is 1.51. The number of hydrogen-bond acceptors (Lipinski definition) is 5. The van der Waals surface area contributed by atoms with Crippen LogP contribution >= 0.6 is 11.6 Å². The van der Waals surface area contributed by atoms with E-state index in [9.17, 15) is 9.59 Å². The predicted octanol–water partition coefficient (Wildman–Crippen LogP) is 3.10. The smallest absolute Gasteiger partial charge is 0.338 e. The molecular weight excluding hydrogens is 346 g/mol. The summed E-state index contributed by atoms with van der Waals surface area (Å²) in [6, 6.07) is 11.6. The van der Waals surface area contributed by atoms with Gasteiger partial charge >= 0.3 is 5.97 Å². The molecule has 0 spiro atoms. The number of halogens is 1. The molecule has 0 aliphatic carbocycles. The van der Waals surface area contributed by atoms with Gasteiger partial charge in [-0.1, -0.05) is 23.7 Å². The monoisotopic (exact) mass is 361 g/mol. The van der Waals surface area contributed by atoms with Gasteiger partial charge in [-0.25, -0.2) is 4.79 Å². The lowest BCUT2D eigenvalue weighted by Gasteiger charge is -2.14. The third kappa shape index (κ3) is 4.22. The van der Waals surface area contributed by atoms with Crippen LogP contribution in [0.5, 0.6) is 11.5 Å². The van der Waals surface area contributed by atoms with Crippen LogP contribution in [0.2, 0.25) is 5.02 Å². The van der Waals surface area contributed by atoms with E-state index >= 15 is 0 Å². The van der Waals surface area contributed by atoms with Gasteiger partial charge in [-0.05, 0) is 42.8 Å². The highest BCUT2D eigenvalue weighted by Crippen LogP contribution is 2.32. The molecule has 0 fully saturated rings. The molecule has 1 N–H and O–H groups in total. The molecule has 1 heterocycles. The summed E-state index contributed by atoms with van der Waals surface area (Å²) in [4.78, 5) is 24.0. The zero-order valence-corrected chi connectivity index (χ0v) is 14.2. The molecule has 0 saturated heterocycles. The Morgan fingerprint density at radius 1 is 1.16 bits per heavy atom. The largest absolute Gasteiger partial charge is 0.454 e. The quantitative estimate of drug-likeness (QED) is 0.828. The first-order valence-corrected chi connectivity index (χ1v) is 8.02. The molecule has 1 aliphatic heterocycles. The Hall–Kier alpha value is -2.73. The third-order valence-corrected chi connectivity index (χ3v) is 3.94. The summed E-state index contributed by atoms with van der Waals surface area (Å²) in [5, 5.41) is 3.39. The van der Waals surface area contributed by atoms with Gasteiger partial charge in [0.05, 0.1) is 11.6 Å². The summed E-state index contributed by atoms with van der Waals surface area (Å²) >= 11 is 5.84. The number of carbonyl (C=O) groups is 2. The molecule has 1 amide bonds. The molecule has 0 saturated carbocycles. The summed E-state index contributed by atoms with van der Waals surface area (Å²) in [7, 11) is 0. The third-order valence-electron chi connectivity index (χ3n) is 3.69. The van der Waals surface area contributed by atoms with Gasteiger partial charge in [-0.15, -0.1) is 0 Å². The minimum Gasteiger partial charge on any atom is -0.454 e. The van der Waals surface area contributed by atoms with Crippen LogP contribution < -0.4 is 14.8 Å². The fourth-order valence-electron chi connectivity index (χ4n) is 2.36. The van der Waals surface area contributed by atoms with Crippen molar-refractivity contribution < 1.29 is 23.8 Å². The molecule has 130 valence electrons. The lowest BCUT2D eigenvalue weighted by Crippen LogP contribution is -2.31. The number of nitrogens with one attached hydrogen (secondary N) is 1. The number of ether oxygens (including phenoxy) is 3. The highest BCUT2D eigenvalue weighted by Gasteiger charge is 2.18. The van der Waals surface area contributed by atoms with E-state index in [4.69, 9.17) is 25.8 Å². The highest BCUT2D eigenvalue weighted by atomic mass is 35.5. The first-order valence-electron chi connectivity index (χ1n) is 7.64. The van der Waals surface area contributed by atoms with E-state index in [0.29, 0.717) is 22.1 Å². The average Bonchev–Trinajstić information content (AvgIpc) is 3.07. The van der Waals surface area contributed by atoms with Crippen LogP contribution in [-0.4, -0.2) is 25.3 Å². The van der Waals surface area contributed by atoms with E-state index in [1.807, 2.05) is 19.1 Å². The maximum atomic E-state index is 12.0. The van der Waals surface area contributed by atoms with E-state index in [-0.39, 0.29) is 19.4 Å². The summed E-state index contributed by atoms with van der Waals surface area (Å²) in [6.45, 7) is 1.59. The second-order valence-corrected chi connectivity index (χ2v) is 5.92. The molecule has 1 aliphatic rings. The summed E-state index contributed by atoms with van der Waals surface area (Å²) in [5.74, 6) is 0.0606. The van der Waals surface area contributed by atoms with Gasteiger partial charge in [0.15, 0.2) is 18.1 Å². The molecule has 3 rings (SSSR count). The minimum absolute atomic E-state index is 0.124. The van der Waals surface area contributed by atoms with Gasteiger partial charge in [0.25, 0.3) is 5.91 Å². The summed E-state index contributed by atoms with van der Waals surface area (Å²) < 4.78 is 15.4. The van der Waals surface area contributed by atoms with Crippen molar-refractivity contribution in [3.05, 3.63) is 58.6 Å². The first kappa shape index (κ1) is 17.1. The van der Waals surface area contributed by atoms with E-state index in [1.165, 1.54) is 6.07 Å². The summed E-state index contributed by atoms with van der Waals surface area (Å²) in [6.07, 6.45) is 0. The molecule has 6 nitrogen and oxygen atoms in total. The molecule has 0 unspecified atom stereocenters. The fraction of sp³-hybridized carbons (Fsp3) is 0.222. The number of fused-ring (bicyclic) bond motifs is 1. The van der Waals surface area contributed by atoms with Crippen LogP contribution in [0.1, 0.15) is 28.9 Å². The second-order valence-electron chi connectivity index (χ2n) is 5.48. The van der Waals surface area contributed by atoms with Crippen LogP contribution in [0.25, 0.3) is 0 Å². The van der Waals surface area contributed by atoms with Crippen LogP contribution in [-0.2, 0) is 9.53 Å². The Kier molecular flexibility index (Phi) is 5.09. The van der Waals surface area contributed by atoms with Crippen molar-refractivity contribution in [1.29, 1.82) is 0 Å². The molecule has 2 aromatic rings. The van der Waals surface area contributed by atoms with Crippen molar-refractivity contribution in [3.63, 3.8) is 0 Å². The van der Waals surface area contributed by atoms with Crippen LogP contribution in [0.15, 0.2) is 42.5 Å². The van der Waals surface area contributed by atoms with Crippen LogP contribution in [0, 0.1) is 0 Å². The Bertz CT molecular complexity index is 791. The fourth-order valence-corrected chi connectivity index (χ4v) is 2.48. The number of benzene rings is 2. The summed E-state index contributed by atoms with van der Waals surface area (Å²) in [5.41, 5.74) is 1.20. The maximum Gasteiger partial charge on any atom is 0.338 e. The standard InChI is InChI=1S/C18H16ClNO5/c1-11(12-2-5-14(19)6-3-12)20-17(21)9-23-18(22)13-4-7-15-16(8-13)25-10-24-15/h2-8,11H,9-10H2,1H3,(H,20,21)/t11-/m0/s1. The molecule has 0 aromatic heterocycles. The number of amides is 1. The Labute approximate surface area is 149 Å². The molecule has 0 radical (unpaired) electrons. The lowest BCUT2D eigenvalue weighted by molar-refractivity contribution is -0.124. The average molecular weight is 362 g/mol. The zero-order valence-electron chi connectivity index (χ0n) is 13.5. The van der Waals surface area contributed by atoms with Gasteiger partial charge in [0, 0.05) is 5.02 Å². The predicted molar refractivity (Wildman–Crippen MR) is 90.9 cm³/mol. The van der Waals surface area contributed by atoms with Crippen molar-refractivity contribution in [2.24, 2.45) is 0 Å². The van der Waals surface area contributed by atoms with Crippen LogP contribution in [0.3, 0.4) is 0 Å². The molecule has 0 bridgehead atoms. The van der Waals surface area contributed by atoms with E-state index in [1.54, 1.807) is 24.3 Å². The molecule has 25 heavy (non-hydrogen) atoms. The SMILES string of the molecule is C[C@H](NC(=O)COC(=O)c1ccc2c(c1)OCO2)c1ccc(Cl)cc1. The maximum absolute atomic E-state index is 12.0. The normalized spacial score (nSPS) is 13.2. The van der Waals surface area contributed by atoms with Crippen molar-refractivity contribution >= 4 is 23.5 Å². The second kappa shape index (κ2) is 7.44. The van der Waals surface area contributed by atoms with Crippen molar-refractivity contribution in [2.45, 2.75) is 13.0 Å². The van der Waals surface area contributed by atoms with Gasteiger partial charge in [-0.2, -0.15) is 0 Å². The van der Waals surface area contributed by atoms with E-state index in [2.05, 4.69) is 5.32 Å². The molecule has 7 heteroatoms. The molecular formula is C18H16ClNO5. The van der Waals surface area contributed by atoms with E-state index < -0.39 is 11.9 Å². The molecule has 2 aromatic carbocycles. The number of hydrogen-bond donors (Lipinski definition) is 1. The van der Waals surface area contributed by atoms with Crippen molar-refractivity contribution in [1.82, 2.24) is 5.32 Å². The van der Waals surface area contributed by atoms with Gasteiger partial charge < -0.3 is 19.5 Å². The number of esters is 1. The van der Waals surface area contributed by atoms with Crippen LogP contribution in [0.4, 0.5) is 0 Å². The number of carbonyl (C=O) groups excluding carboxylic acids is 2. The number of rotatable bonds is 5. The lowest BCUT2D eigenvalue weighted by atomic mass is 10.1. The van der Waals surface area contributed by atoms with Crippen molar-refractivity contribution in [3.8, 4) is 11.5 Å². The Morgan fingerprint density at radius 2 is 1.88 bits per heavy atom. The topological polar surface area (TPSA) is 73.9 Å². The molecule has 1 atom stereocenters. The zero-order chi connectivity index (χ0) is 17.8. The van der Waals surface area contributed by atoms with E-state index in [0.717, 1.165) is 5.56 Å². The highest BCUT2D eigenvalue weighted by molar-refractivity contribution is 6.30. The van der Waals surface area contributed by atoms with Crippen molar-refractivity contribution in [2.75, 3.05) is 13.4 Å². The minimum atomic E-state index is -0.604. The first-order chi connectivity index (χ1) is 12.0. The van der Waals surface area contributed by atoms with Gasteiger partial charge in [0.2, 0.25) is 6.79 Å². The Morgan fingerprint density at radius 3 is 2.64 bits per heavy atom.